The van der Waals surface area contributed by atoms with E-state index in [0.29, 0.717) is 29.9 Å². The van der Waals surface area contributed by atoms with Gasteiger partial charge in [-0.3, -0.25) is 19.5 Å². The molecule has 164 valence electrons. The first kappa shape index (κ1) is 21.5. The minimum absolute atomic E-state index is 0.188. The number of carboxylic acids is 1. The van der Waals surface area contributed by atoms with Crippen molar-refractivity contribution >= 4 is 17.8 Å². The average Bonchev–Trinajstić information content (AvgIpc) is 3.08. The lowest BCUT2D eigenvalue weighted by molar-refractivity contribution is -0.117. The highest BCUT2D eigenvalue weighted by molar-refractivity contribution is 5.96. The van der Waals surface area contributed by atoms with Gasteiger partial charge in [-0.05, 0) is 42.5 Å². The van der Waals surface area contributed by atoms with Crippen LogP contribution in [-0.4, -0.2) is 26.5 Å². The number of anilines is 1. The van der Waals surface area contributed by atoms with Gasteiger partial charge in [0.2, 0.25) is 11.9 Å². The Morgan fingerprint density at radius 1 is 1.12 bits per heavy atom. The Morgan fingerprint density at radius 2 is 1.84 bits per heavy atom. The number of unbranched alkanes of at least 4 members (excludes halogenated alkanes) is 1. The van der Waals surface area contributed by atoms with Gasteiger partial charge in [-0.15, -0.1) is 0 Å². The molecule has 2 aromatic carbocycles. The van der Waals surface area contributed by atoms with E-state index in [-0.39, 0.29) is 17.0 Å². The van der Waals surface area contributed by atoms with Crippen LogP contribution in [0.2, 0.25) is 0 Å². The van der Waals surface area contributed by atoms with Crippen molar-refractivity contribution in [3.8, 4) is 11.1 Å². The molecule has 2 heterocycles. The Balaban J connectivity index is 1.70. The van der Waals surface area contributed by atoms with Crippen LogP contribution in [0.5, 0.6) is 0 Å². The van der Waals surface area contributed by atoms with Crippen LogP contribution in [0.1, 0.15) is 59.9 Å². The molecule has 1 aliphatic heterocycles. The minimum Gasteiger partial charge on any atom is -0.478 e. The van der Waals surface area contributed by atoms with E-state index in [2.05, 4.69) is 17.2 Å². The average molecular weight is 431 g/mol. The molecule has 1 amide bonds. The van der Waals surface area contributed by atoms with Gasteiger partial charge in [0, 0.05) is 12.0 Å². The fourth-order valence-corrected chi connectivity index (χ4v) is 4.05. The van der Waals surface area contributed by atoms with Crippen LogP contribution >= 0.6 is 0 Å². The van der Waals surface area contributed by atoms with Crippen LogP contribution < -0.4 is 10.9 Å². The van der Waals surface area contributed by atoms with Crippen molar-refractivity contribution < 1.29 is 14.7 Å². The lowest BCUT2D eigenvalue weighted by atomic mass is 9.96. The molecule has 2 N–H and O–H groups in total. The standard InChI is InChI=1S/C25H25N3O4/c1-3-4-9-21-20(23(30)28-15(2)22(29)27-25(28)26-21)14-16-10-12-17(13-11-16)18-7-5-6-8-19(18)24(31)32/h5-8,10-13,15H,3-4,9,14H2,1-2H3,(H,31,32)(H,26,27,29). The normalized spacial score (nSPS) is 14.8. The molecule has 32 heavy (non-hydrogen) atoms. The fraction of sp³-hybridized carbons (Fsp3) is 0.280. The molecular formula is C25H25N3O4. The van der Waals surface area contributed by atoms with Crippen molar-refractivity contribution in [2.24, 2.45) is 0 Å². The lowest BCUT2D eigenvalue weighted by Gasteiger charge is -2.13. The van der Waals surface area contributed by atoms with E-state index in [1.54, 1.807) is 25.1 Å². The zero-order chi connectivity index (χ0) is 22.8. The molecule has 1 atom stereocenters. The molecule has 1 aliphatic rings. The maximum Gasteiger partial charge on any atom is 0.336 e. The number of aromatic carboxylic acids is 1. The fourth-order valence-electron chi connectivity index (χ4n) is 4.05. The Labute approximate surface area is 185 Å². The molecule has 1 unspecified atom stereocenters. The number of amides is 1. The van der Waals surface area contributed by atoms with E-state index in [0.717, 1.165) is 29.7 Å². The van der Waals surface area contributed by atoms with E-state index in [9.17, 15) is 19.5 Å². The highest BCUT2D eigenvalue weighted by atomic mass is 16.4. The van der Waals surface area contributed by atoms with Gasteiger partial charge in [-0.1, -0.05) is 55.8 Å². The van der Waals surface area contributed by atoms with Crippen LogP contribution in [0.25, 0.3) is 11.1 Å². The third kappa shape index (κ3) is 3.93. The summed E-state index contributed by atoms with van der Waals surface area (Å²) in [5.41, 5.74) is 3.74. The van der Waals surface area contributed by atoms with Gasteiger partial charge < -0.3 is 5.11 Å². The van der Waals surface area contributed by atoms with Gasteiger partial charge in [-0.25, -0.2) is 9.78 Å². The second-order valence-electron chi connectivity index (χ2n) is 8.03. The van der Waals surface area contributed by atoms with Gasteiger partial charge in [0.1, 0.15) is 6.04 Å². The number of fused-ring (bicyclic) bond motifs is 1. The Hall–Kier alpha value is -3.74. The Morgan fingerprint density at radius 3 is 2.53 bits per heavy atom. The Bertz CT molecular complexity index is 1250. The predicted molar refractivity (Wildman–Crippen MR) is 122 cm³/mol. The molecule has 0 bridgehead atoms. The Kier molecular flexibility index (Phi) is 5.90. The summed E-state index contributed by atoms with van der Waals surface area (Å²) < 4.78 is 1.44. The monoisotopic (exact) mass is 431 g/mol. The van der Waals surface area contributed by atoms with Crippen LogP contribution in [0.15, 0.2) is 53.3 Å². The van der Waals surface area contributed by atoms with E-state index in [1.807, 2.05) is 30.3 Å². The number of hydrogen-bond acceptors (Lipinski definition) is 4. The summed E-state index contributed by atoms with van der Waals surface area (Å²) in [7, 11) is 0. The summed E-state index contributed by atoms with van der Waals surface area (Å²) in [4.78, 5) is 41.5. The van der Waals surface area contributed by atoms with Crippen molar-refractivity contribution in [3.05, 3.63) is 81.3 Å². The molecule has 7 heteroatoms. The zero-order valence-corrected chi connectivity index (χ0v) is 18.1. The molecule has 0 fully saturated rings. The van der Waals surface area contributed by atoms with Crippen molar-refractivity contribution in [2.45, 2.75) is 45.6 Å². The largest absolute Gasteiger partial charge is 0.478 e. The molecule has 0 aliphatic carbocycles. The summed E-state index contributed by atoms with van der Waals surface area (Å²) in [6.45, 7) is 3.77. The molecule has 3 aromatic rings. The summed E-state index contributed by atoms with van der Waals surface area (Å²) in [5, 5.41) is 12.2. The second kappa shape index (κ2) is 8.78. The first-order valence-corrected chi connectivity index (χ1v) is 10.8. The SMILES string of the molecule is CCCCc1nc2n(c(=O)c1Cc1ccc(-c3ccccc3C(=O)O)cc1)C(C)C(=O)N2. The van der Waals surface area contributed by atoms with Crippen molar-refractivity contribution in [2.75, 3.05) is 5.32 Å². The van der Waals surface area contributed by atoms with Crippen LogP contribution in [0.4, 0.5) is 5.95 Å². The van der Waals surface area contributed by atoms with Crippen LogP contribution in [0.3, 0.4) is 0 Å². The second-order valence-corrected chi connectivity index (χ2v) is 8.03. The number of nitrogens with one attached hydrogen (secondary N) is 1. The number of rotatable bonds is 7. The minimum atomic E-state index is -0.972. The van der Waals surface area contributed by atoms with Gasteiger partial charge in [-0.2, -0.15) is 0 Å². The number of hydrogen-bond donors (Lipinski definition) is 2. The van der Waals surface area contributed by atoms with Crippen LogP contribution in [0, 0.1) is 0 Å². The quantitative estimate of drug-likeness (QED) is 0.588. The summed E-state index contributed by atoms with van der Waals surface area (Å²) in [6, 6.07) is 13.8. The molecule has 7 nitrogen and oxygen atoms in total. The summed E-state index contributed by atoms with van der Waals surface area (Å²) >= 11 is 0. The molecule has 0 saturated carbocycles. The number of carbonyl (C=O) groups is 2. The van der Waals surface area contributed by atoms with E-state index in [1.165, 1.54) is 4.57 Å². The number of carboxylic acid groups (broad SMARTS) is 1. The number of carbonyl (C=O) groups excluding carboxylic acids is 1. The smallest absolute Gasteiger partial charge is 0.336 e. The number of aromatic nitrogens is 2. The van der Waals surface area contributed by atoms with Gasteiger partial charge >= 0.3 is 5.97 Å². The van der Waals surface area contributed by atoms with Crippen molar-refractivity contribution in [1.82, 2.24) is 9.55 Å². The first-order valence-electron chi connectivity index (χ1n) is 10.8. The molecule has 4 rings (SSSR count). The van der Waals surface area contributed by atoms with Crippen molar-refractivity contribution in [3.63, 3.8) is 0 Å². The molecule has 1 aromatic heterocycles. The maximum absolute atomic E-state index is 13.3. The third-order valence-electron chi connectivity index (χ3n) is 5.87. The van der Waals surface area contributed by atoms with Gasteiger partial charge in [0.25, 0.3) is 5.56 Å². The van der Waals surface area contributed by atoms with Crippen LogP contribution in [-0.2, 0) is 17.6 Å². The highest BCUT2D eigenvalue weighted by Crippen LogP contribution is 2.26. The molecule has 0 saturated heterocycles. The molecule has 0 radical (unpaired) electrons. The molecule has 0 spiro atoms. The highest BCUT2D eigenvalue weighted by Gasteiger charge is 2.30. The first-order chi connectivity index (χ1) is 15.4. The zero-order valence-electron chi connectivity index (χ0n) is 18.1. The maximum atomic E-state index is 13.3. The topological polar surface area (TPSA) is 101 Å². The number of benzene rings is 2. The summed E-state index contributed by atoms with van der Waals surface area (Å²) in [6.07, 6.45) is 2.94. The van der Waals surface area contributed by atoms with E-state index in [4.69, 9.17) is 0 Å². The van der Waals surface area contributed by atoms with Crippen molar-refractivity contribution in [1.29, 1.82) is 0 Å². The number of nitrogens with zero attached hydrogens (tertiary/aromatic N) is 2. The van der Waals surface area contributed by atoms with Gasteiger partial charge in [0.15, 0.2) is 0 Å². The van der Waals surface area contributed by atoms with E-state index >= 15 is 0 Å². The lowest BCUT2D eigenvalue weighted by Crippen LogP contribution is -2.28. The van der Waals surface area contributed by atoms with Gasteiger partial charge in [0.05, 0.1) is 11.3 Å². The summed E-state index contributed by atoms with van der Waals surface area (Å²) in [5.74, 6) is -0.877. The predicted octanol–water partition coefficient (Wildman–Crippen LogP) is 4.06. The number of aryl methyl sites for hydroxylation is 1. The van der Waals surface area contributed by atoms with E-state index < -0.39 is 12.0 Å². The third-order valence-corrected chi connectivity index (χ3v) is 5.87. The molecular weight excluding hydrogens is 406 g/mol.